The van der Waals surface area contributed by atoms with E-state index in [-0.39, 0.29) is 29.3 Å². The van der Waals surface area contributed by atoms with Gasteiger partial charge in [0, 0.05) is 23.4 Å². The highest BCUT2D eigenvalue weighted by Gasteiger charge is 2.44. The number of nitrogens with one attached hydrogen (secondary N) is 3. The number of piperidine rings is 1. The fourth-order valence-electron chi connectivity index (χ4n) is 4.76. The number of fused-ring (bicyclic) bond motifs is 1. The highest BCUT2D eigenvalue weighted by atomic mass is 19.1. The molecule has 0 radical (unpaired) electrons. The molecule has 33 heavy (non-hydrogen) atoms. The molecule has 5 nitrogen and oxygen atoms in total. The molecule has 3 atom stereocenters. The van der Waals surface area contributed by atoms with Gasteiger partial charge < -0.3 is 16.0 Å². The Balaban J connectivity index is 1.21. The van der Waals surface area contributed by atoms with Gasteiger partial charge in [0.05, 0.1) is 5.69 Å². The van der Waals surface area contributed by atoms with E-state index in [0.717, 1.165) is 36.9 Å². The first-order valence-electron chi connectivity index (χ1n) is 11.7. The lowest BCUT2D eigenvalue weighted by atomic mass is 9.99. The molecular weight excluding hydrogens is 417 g/mol. The zero-order valence-electron chi connectivity index (χ0n) is 18.4. The number of hydrogen-bond acceptors (Lipinski definition) is 3. The quantitative estimate of drug-likeness (QED) is 0.525. The molecule has 1 saturated carbocycles. The van der Waals surface area contributed by atoms with Crippen LogP contribution in [-0.4, -0.2) is 31.4 Å². The average Bonchev–Trinajstić information content (AvgIpc) is 3.66. The lowest BCUT2D eigenvalue weighted by Crippen LogP contribution is -2.38. The van der Waals surface area contributed by atoms with Gasteiger partial charge in [-0.25, -0.2) is 4.39 Å². The van der Waals surface area contributed by atoms with Crippen LogP contribution in [0.15, 0.2) is 60.7 Å². The minimum Gasteiger partial charge on any atom is -0.352 e. The summed E-state index contributed by atoms with van der Waals surface area (Å²) in [5.41, 5.74) is 1.79. The van der Waals surface area contributed by atoms with Crippen LogP contribution in [0, 0.1) is 17.7 Å². The molecular formula is C27H28FN3O2. The molecule has 3 aromatic carbocycles. The van der Waals surface area contributed by atoms with Gasteiger partial charge in [0.25, 0.3) is 5.91 Å². The topological polar surface area (TPSA) is 70.2 Å². The Hall–Kier alpha value is -3.25. The Morgan fingerprint density at radius 2 is 1.94 bits per heavy atom. The van der Waals surface area contributed by atoms with Gasteiger partial charge in [-0.15, -0.1) is 0 Å². The molecule has 3 N–H and O–H groups in total. The SMILES string of the molecule is O=C(NC[C@@H]1CCCNC1)c1cccc([C@@H]2C[C@H]2C(=O)Nc2ccc3ccccc3c2F)c1. The van der Waals surface area contributed by atoms with Gasteiger partial charge in [0.2, 0.25) is 5.91 Å². The number of halogens is 1. The van der Waals surface area contributed by atoms with E-state index in [0.29, 0.717) is 29.8 Å². The Morgan fingerprint density at radius 3 is 2.79 bits per heavy atom. The van der Waals surface area contributed by atoms with Crippen molar-refractivity contribution in [1.29, 1.82) is 0 Å². The van der Waals surface area contributed by atoms with Crippen molar-refractivity contribution in [2.45, 2.75) is 25.2 Å². The molecule has 2 aliphatic rings. The monoisotopic (exact) mass is 445 g/mol. The second-order valence-electron chi connectivity index (χ2n) is 9.13. The Kier molecular flexibility index (Phi) is 6.09. The molecule has 0 bridgehead atoms. The van der Waals surface area contributed by atoms with Crippen molar-refractivity contribution in [3.63, 3.8) is 0 Å². The highest BCUT2D eigenvalue weighted by Crippen LogP contribution is 2.48. The first-order valence-corrected chi connectivity index (χ1v) is 11.7. The maximum Gasteiger partial charge on any atom is 0.251 e. The molecule has 1 saturated heterocycles. The molecule has 1 aliphatic heterocycles. The third-order valence-corrected chi connectivity index (χ3v) is 6.78. The Morgan fingerprint density at radius 1 is 1.06 bits per heavy atom. The third kappa shape index (κ3) is 4.76. The second kappa shape index (κ2) is 9.32. The first-order chi connectivity index (χ1) is 16.1. The summed E-state index contributed by atoms with van der Waals surface area (Å²) in [5, 5.41) is 10.5. The van der Waals surface area contributed by atoms with Gasteiger partial charge in [-0.05, 0) is 73.3 Å². The van der Waals surface area contributed by atoms with Crippen LogP contribution < -0.4 is 16.0 Å². The van der Waals surface area contributed by atoms with E-state index in [1.165, 1.54) is 0 Å². The minimum absolute atomic E-state index is 0.0452. The zero-order chi connectivity index (χ0) is 22.8. The van der Waals surface area contributed by atoms with E-state index < -0.39 is 5.82 Å². The van der Waals surface area contributed by atoms with Crippen molar-refractivity contribution in [2.75, 3.05) is 25.0 Å². The second-order valence-corrected chi connectivity index (χ2v) is 9.13. The number of carbonyl (C=O) groups is 2. The smallest absolute Gasteiger partial charge is 0.251 e. The maximum atomic E-state index is 14.8. The van der Waals surface area contributed by atoms with Crippen LogP contribution in [0.25, 0.3) is 10.8 Å². The van der Waals surface area contributed by atoms with Gasteiger partial charge in [-0.3, -0.25) is 9.59 Å². The van der Waals surface area contributed by atoms with Crippen molar-refractivity contribution < 1.29 is 14.0 Å². The average molecular weight is 446 g/mol. The van der Waals surface area contributed by atoms with Gasteiger partial charge in [0.1, 0.15) is 0 Å². The maximum absolute atomic E-state index is 14.8. The number of benzene rings is 3. The van der Waals surface area contributed by atoms with Gasteiger partial charge in [-0.2, -0.15) is 0 Å². The van der Waals surface area contributed by atoms with Crippen molar-refractivity contribution >= 4 is 28.3 Å². The van der Waals surface area contributed by atoms with Crippen LogP contribution in [0.4, 0.5) is 10.1 Å². The van der Waals surface area contributed by atoms with Gasteiger partial charge in [0.15, 0.2) is 5.82 Å². The van der Waals surface area contributed by atoms with Crippen molar-refractivity contribution in [1.82, 2.24) is 10.6 Å². The third-order valence-electron chi connectivity index (χ3n) is 6.78. The molecule has 3 aromatic rings. The molecule has 1 heterocycles. The van der Waals surface area contributed by atoms with E-state index in [2.05, 4.69) is 16.0 Å². The van der Waals surface area contributed by atoms with Crippen LogP contribution >= 0.6 is 0 Å². The van der Waals surface area contributed by atoms with Crippen LogP contribution in [0.5, 0.6) is 0 Å². The molecule has 0 aromatic heterocycles. The first kappa shape index (κ1) is 21.6. The Labute approximate surface area is 192 Å². The molecule has 6 heteroatoms. The normalized spacial score (nSPS) is 22.0. The van der Waals surface area contributed by atoms with Gasteiger partial charge >= 0.3 is 0 Å². The number of amides is 2. The summed E-state index contributed by atoms with van der Waals surface area (Å²) in [6.07, 6.45) is 2.97. The van der Waals surface area contributed by atoms with Crippen LogP contribution in [0.2, 0.25) is 0 Å². The van der Waals surface area contributed by atoms with Crippen LogP contribution in [0.3, 0.4) is 0 Å². The van der Waals surface area contributed by atoms with Crippen LogP contribution in [-0.2, 0) is 4.79 Å². The number of carbonyl (C=O) groups excluding carboxylic acids is 2. The molecule has 2 fully saturated rings. The number of rotatable bonds is 6. The minimum atomic E-state index is -0.412. The van der Waals surface area contributed by atoms with E-state index >= 15 is 0 Å². The Bertz CT molecular complexity index is 1190. The standard InChI is InChI=1S/C27H28FN3O2/c28-25-21-9-2-1-6-18(21)10-11-24(25)31-27(33)23-14-22(23)19-7-3-8-20(13-19)26(32)30-16-17-5-4-12-29-15-17/h1-3,6-11,13,17,22-23,29H,4-5,12,14-16H2,(H,30,32)(H,31,33)/t17-,22+,23-/m1/s1. The predicted molar refractivity (Wildman–Crippen MR) is 128 cm³/mol. The summed E-state index contributed by atoms with van der Waals surface area (Å²) < 4.78 is 14.8. The highest BCUT2D eigenvalue weighted by molar-refractivity contribution is 5.98. The number of anilines is 1. The molecule has 1 aliphatic carbocycles. The lowest BCUT2D eigenvalue weighted by molar-refractivity contribution is -0.117. The van der Waals surface area contributed by atoms with Gasteiger partial charge in [-0.1, -0.05) is 42.5 Å². The largest absolute Gasteiger partial charge is 0.352 e. The summed E-state index contributed by atoms with van der Waals surface area (Å²) in [4.78, 5) is 25.4. The molecule has 5 rings (SSSR count). The summed E-state index contributed by atoms with van der Waals surface area (Å²) in [7, 11) is 0. The number of hydrogen-bond donors (Lipinski definition) is 3. The predicted octanol–water partition coefficient (Wildman–Crippen LogP) is 4.45. The molecule has 0 unspecified atom stereocenters. The molecule has 170 valence electrons. The zero-order valence-corrected chi connectivity index (χ0v) is 18.4. The summed E-state index contributed by atoms with van der Waals surface area (Å²) in [5.74, 6) is -0.383. The van der Waals surface area contributed by atoms with Crippen LogP contribution in [0.1, 0.15) is 41.1 Å². The lowest BCUT2D eigenvalue weighted by Gasteiger charge is -2.22. The van der Waals surface area contributed by atoms with Crippen molar-refractivity contribution in [3.8, 4) is 0 Å². The fourth-order valence-corrected chi connectivity index (χ4v) is 4.76. The molecule has 2 amide bonds. The summed E-state index contributed by atoms with van der Waals surface area (Å²) in [6, 6.07) is 18.1. The fraction of sp³-hybridized carbons (Fsp3) is 0.333. The molecule has 0 spiro atoms. The van der Waals surface area contributed by atoms with E-state index in [9.17, 15) is 14.0 Å². The van der Waals surface area contributed by atoms with Crippen molar-refractivity contribution in [2.24, 2.45) is 11.8 Å². The van der Waals surface area contributed by atoms with Crippen molar-refractivity contribution in [3.05, 3.63) is 77.6 Å². The van der Waals surface area contributed by atoms with E-state index in [4.69, 9.17) is 0 Å². The van der Waals surface area contributed by atoms with E-state index in [1.807, 2.05) is 36.4 Å². The summed E-state index contributed by atoms with van der Waals surface area (Å²) in [6.45, 7) is 2.66. The van der Waals surface area contributed by atoms with E-state index in [1.54, 1.807) is 24.3 Å². The summed E-state index contributed by atoms with van der Waals surface area (Å²) >= 11 is 0.